The number of rotatable bonds is 4. The molecule has 30 heavy (non-hydrogen) atoms. The fraction of sp³-hybridized carbons (Fsp3) is 0.217. The molecule has 7 heteroatoms. The standard InChI is InChI=1S/C23H21FN4O2/c1-14-6-8-21(27-26-14)16-10-17(12-18(24)11-16)23(30)25-19-4-3-5-20(13-19)28-15(2)7-9-22(28)29/h3-6,8,10-13,15H,7,9H2,1-2H3,(H,25,30). The summed E-state index contributed by atoms with van der Waals surface area (Å²) in [6, 6.07) is 14.8. The molecule has 6 nitrogen and oxygen atoms in total. The smallest absolute Gasteiger partial charge is 0.255 e. The predicted molar refractivity (Wildman–Crippen MR) is 113 cm³/mol. The maximum atomic E-state index is 14.2. The molecule has 1 atom stereocenters. The number of benzene rings is 2. The van der Waals surface area contributed by atoms with Crippen molar-refractivity contribution in [1.29, 1.82) is 0 Å². The van der Waals surface area contributed by atoms with Gasteiger partial charge in [-0.15, -0.1) is 0 Å². The van der Waals surface area contributed by atoms with Crippen LogP contribution >= 0.6 is 0 Å². The number of hydrogen-bond donors (Lipinski definition) is 1. The fourth-order valence-corrected chi connectivity index (χ4v) is 3.58. The molecule has 3 aromatic rings. The molecule has 2 heterocycles. The minimum atomic E-state index is -0.537. The van der Waals surface area contributed by atoms with Gasteiger partial charge < -0.3 is 10.2 Å². The van der Waals surface area contributed by atoms with Gasteiger partial charge in [0.25, 0.3) is 5.91 Å². The molecular formula is C23H21FN4O2. The largest absolute Gasteiger partial charge is 0.322 e. The SMILES string of the molecule is Cc1ccc(-c2cc(F)cc(C(=O)Nc3cccc(N4C(=O)CCC4C)c3)c2)nn1. The summed E-state index contributed by atoms with van der Waals surface area (Å²) in [6.07, 6.45) is 1.33. The van der Waals surface area contributed by atoms with E-state index in [4.69, 9.17) is 0 Å². The van der Waals surface area contributed by atoms with Crippen molar-refractivity contribution >= 4 is 23.2 Å². The van der Waals surface area contributed by atoms with Gasteiger partial charge in [0, 0.05) is 35.0 Å². The molecule has 2 aromatic carbocycles. The van der Waals surface area contributed by atoms with Crippen molar-refractivity contribution in [3.63, 3.8) is 0 Å². The van der Waals surface area contributed by atoms with Gasteiger partial charge in [0.2, 0.25) is 5.91 Å². The Balaban J connectivity index is 1.58. The molecule has 1 unspecified atom stereocenters. The van der Waals surface area contributed by atoms with E-state index in [9.17, 15) is 14.0 Å². The Morgan fingerprint density at radius 2 is 1.97 bits per heavy atom. The first-order valence-corrected chi connectivity index (χ1v) is 9.75. The molecule has 1 N–H and O–H groups in total. The first kappa shape index (κ1) is 19.7. The van der Waals surface area contributed by atoms with Gasteiger partial charge in [-0.25, -0.2) is 4.39 Å². The topological polar surface area (TPSA) is 75.2 Å². The molecule has 0 spiro atoms. The number of carbonyl (C=O) groups is 2. The molecule has 152 valence electrons. The molecule has 2 amide bonds. The molecule has 1 aromatic heterocycles. The van der Waals surface area contributed by atoms with Gasteiger partial charge in [0.15, 0.2) is 0 Å². The lowest BCUT2D eigenvalue weighted by Gasteiger charge is -2.22. The van der Waals surface area contributed by atoms with Crippen molar-refractivity contribution in [3.05, 3.63) is 71.7 Å². The summed E-state index contributed by atoms with van der Waals surface area (Å²) in [5, 5.41) is 10.8. The number of hydrogen-bond acceptors (Lipinski definition) is 4. The number of carbonyl (C=O) groups excluding carboxylic acids is 2. The number of aromatic nitrogens is 2. The normalized spacial score (nSPS) is 16.0. The van der Waals surface area contributed by atoms with Crippen LogP contribution in [-0.4, -0.2) is 28.1 Å². The van der Waals surface area contributed by atoms with Gasteiger partial charge >= 0.3 is 0 Å². The molecule has 1 fully saturated rings. The van der Waals surface area contributed by atoms with Gasteiger partial charge in [-0.3, -0.25) is 9.59 Å². The number of halogens is 1. The van der Waals surface area contributed by atoms with E-state index in [1.54, 1.807) is 41.3 Å². The molecule has 1 aliphatic heterocycles. The van der Waals surface area contributed by atoms with E-state index in [0.717, 1.165) is 17.8 Å². The number of anilines is 2. The molecule has 0 radical (unpaired) electrons. The minimum Gasteiger partial charge on any atom is -0.322 e. The summed E-state index contributed by atoms with van der Waals surface area (Å²) in [6.45, 7) is 3.81. The number of nitrogens with one attached hydrogen (secondary N) is 1. The summed E-state index contributed by atoms with van der Waals surface area (Å²) in [4.78, 5) is 26.7. The van der Waals surface area contributed by atoms with Crippen molar-refractivity contribution in [1.82, 2.24) is 10.2 Å². The van der Waals surface area contributed by atoms with E-state index in [1.165, 1.54) is 12.1 Å². The summed E-state index contributed by atoms with van der Waals surface area (Å²) < 4.78 is 14.2. The highest BCUT2D eigenvalue weighted by Crippen LogP contribution is 2.28. The third kappa shape index (κ3) is 4.05. The zero-order valence-corrected chi connectivity index (χ0v) is 16.7. The second-order valence-corrected chi connectivity index (χ2v) is 7.44. The van der Waals surface area contributed by atoms with Crippen molar-refractivity contribution in [2.75, 3.05) is 10.2 Å². The Labute approximate surface area is 173 Å². The third-order valence-corrected chi connectivity index (χ3v) is 5.12. The van der Waals surface area contributed by atoms with Crippen LogP contribution in [0.2, 0.25) is 0 Å². The molecule has 0 bridgehead atoms. The van der Waals surface area contributed by atoms with Gasteiger partial charge in [0.1, 0.15) is 5.82 Å². The zero-order valence-electron chi connectivity index (χ0n) is 16.7. The monoisotopic (exact) mass is 404 g/mol. The fourth-order valence-electron chi connectivity index (χ4n) is 3.58. The van der Waals surface area contributed by atoms with Crippen LogP contribution in [0, 0.1) is 12.7 Å². The van der Waals surface area contributed by atoms with E-state index >= 15 is 0 Å². The first-order chi connectivity index (χ1) is 14.4. The first-order valence-electron chi connectivity index (χ1n) is 9.75. The minimum absolute atomic E-state index is 0.0694. The summed E-state index contributed by atoms with van der Waals surface area (Å²) in [5.74, 6) is -0.918. The summed E-state index contributed by atoms with van der Waals surface area (Å²) in [7, 11) is 0. The van der Waals surface area contributed by atoms with Crippen LogP contribution in [0.5, 0.6) is 0 Å². The maximum absolute atomic E-state index is 14.2. The van der Waals surface area contributed by atoms with Crippen LogP contribution in [-0.2, 0) is 4.79 Å². The van der Waals surface area contributed by atoms with E-state index in [2.05, 4.69) is 15.5 Å². The zero-order chi connectivity index (χ0) is 21.3. The van der Waals surface area contributed by atoms with Crippen molar-refractivity contribution in [2.24, 2.45) is 0 Å². The Morgan fingerprint density at radius 3 is 2.67 bits per heavy atom. The Bertz CT molecular complexity index is 1110. The van der Waals surface area contributed by atoms with Crippen LogP contribution in [0.15, 0.2) is 54.6 Å². The lowest BCUT2D eigenvalue weighted by atomic mass is 10.1. The lowest BCUT2D eigenvalue weighted by Crippen LogP contribution is -2.30. The van der Waals surface area contributed by atoms with E-state index < -0.39 is 11.7 Å². The summed E-state index contributed by atoms with van der Waals surface area (Å²) >= 11 is 0. The van der Waals surface area contributed by atoms with Crippen LogP contribution < -0.4 is 10.2 Å². The van der Waals surface area contributed by atoms with Crippen LogP contribution in [0.1, 0.15) is 35.8 Å². The van der Waals surface area contributed by atoms with Crippen molar-refractivity contribution < 1.29 is 14.0 Å². The van der Waals surface area contributed by atoms with E-state index in [-0.39, 0.29) is 17.5 Å². The quantitative estimate of drug-likeness (QED) is 0.701. The molecular weight excluding hydrogens is 383 g/mol. The van der Waals surface area contributed by atoms with Crippen LogP contribution in [0.3, 0.4) is 0 Å². The highest BCUT2D eigenvalue weighted by atomic mass is 19.1. The van der Waals surface area contributed by atoms with Crippen molar-refractivity contribution in [3.8, 4) is 11.3 Å². The van der Waals surface area contributed by atoms with Gasteiger partial charge in [0.05, 0.1) is 11.4 Å². The van der Waals surface area contributed by atoms with Crippen molar-refractivity contribution in [2.45, 2.75) is 32.7 Å². The van der Waals surface area contributed by atoms with Gasteiger partial charge in [-0.2, -0.15) is 10.2 Å². The molecule has 1 aliphatic rings. The molecule has 0 saturated carbocycles. The Morgan fingerprint density at radius 1 is 1.13 bits per heavy atom. The number of nitrogens with zero attached hydrogens (tertiary/aromatic N) is 3. The average molecular weight is 404 g/mol. The van der Waals surface area contributed by atoms with Gasteiger partial charge in [-0.1, -0.05) is 6.07 Å². The van der Waals surface area contributed by atoms with E-state index in [1.807, 2.05) is 19.9 Å². The van der Waals surface area contributed by atoms with Crippen LogP contribution in [0.4, 0.5) is 15.8 Å². The Kier molecular flexibility index (Phi) is 5.27. The molecule has 1 saturated heterocycles. The molecule has 4 rings (SSSR count). The second-order valence-electron chi connectivity index (χ2n) is 7.44. The average Bonchev–Trinajstić information content (AvgIpc) is 3.06. The number of aryl methyl sites for hydroxylation is 1. The second kappa shape index (κ2) is 8.02. The highest BCUT2D eigenvalue weighted by molar-refractivity contribution is 6.05. The van der Waals surface area contributed by atoms with Gasteiger partial charge in [-0.05, 0) is 68.8 Å². The Hall–Kier alpha value is -3.61. The highest BCUT2D eigenvalue weighted by Gasteiger charge is 2.28. The third-order valence-electron chi connectivity index (χ3n) is 5.12. The van der Waals surface area contributed by atoms with E-state index in [0.29, 0.717) is 23.4 Å². The maximum Gasteiger partial charge on any atom is 0.255 e. The lowest BCUT2D eigenvalue weighted by molar-refractivity contribution is -0.117. The predicted octanol–water partition coefficient (Wildman–Crippen LogP) is 4.36. The molecule has 0 aliphatic carbocycles. The van der Waals surface area contributed by atoms with Crippen LogP contribution in [0.25, 0.3) is 11.3 Å². The number of amides is 2. The summed E-state index contributed by atoms with van der Waals surface area (Å²) in [5.41, 5.74) is 3.14.